The molecule has 0 aliphatic carbocycles. The Hall–Kier alpha value is -0.870. The van der Waals surface area contributed by atoms with E-state index < -0.39 is 0 Å². The van der Waals surface area contributed by atoms with E-state index in [1.807, 2.05) is 0 Å². The molecular weight excluding hydrogens is 238 g/mol. The first-order valence-corrected chi connectivity index (χ1v) is 6.56. The third kappa shape index (κ3) is 4.48. The molecule has 0 amide bonds. The molecule has 1 aliphatic rings. The highest BCUT2D eigenvalue weighted by atomic mass is 35.5. The molecule has 1 N–H and O–H groups in total. The van der Waals surface area contributed by atoms with Crippen LogP contribution in [0.15, 0.2) is 12.4 Å². The van der Waals surface area contributed by atoms with E-state index in [0.717, 1.165) is 19.4 Å². The van der Waals surface area contributed by atoms with Gasteiger partial charge >= 0.3 is 6.01 Å². The number of aromatic nitrogens is 2. The Morgan fingerprint density at radius 3 is 2.88 bits per heavy atom. The quantitative estimate of drug-likeness (QED) is 0.821. The lowest BCUT2D eigenvalue weighted by Gasteiger charge is -2.23. The van der Waals surface area contributed by atoms with Gasteiger partial charge in [0, 0.05) is 6.04 Å². The van der Waals surface area contributed by atoms with Crippen LogP contribution in [-0.4, -0.2) is 29.2 Å². The first-order chi connectivity index (χ1) is 8.34. The zero-order valence-corrected chi connectivity index (χ0v) is 10.6. The van der Waals surface area contributed by atoms with Crippen molar-refractivity contribution in [2.75, 3.05) is 13.2 Å². The number of nitrogens with one attached hydrogen (secondary N) is 1. The summed E-state index contributed by atoms with van der Waals surface area (Å²) in [6, 6.07) is 1.07. The summed E-state index contributed by atoms with van der Waals surface area (Å²) in [5, 5.41) is 4.05. The minimum atomic E-state index is 0.408. The highest BCUT2D eigenvalue weighted by Crippen LogP contribution is 2.12. The SMILES string of the molecule is Clc1cnc(OCCC[C@@H]2CCCCN2)nc1. The van der Waals surface area contributed by atoms with Crippen LogP contribution in [0, 0.1) is 0 Å². The Morgan fingerprint density at radius 2 is 2.18 bits per heavy atom. The molecule has 2 heterocycles. The first-order valence-electron chi connectivity index (χ1n) is 6.18. The largest absolute Gasteiger partial charge is 0.463 e. The molecule has 0 spiro atoms. The van der Waals surface area contributed by atoms with Gasteiger partial charge in [-0.15, -0.1) is 0 Å². The van der Waals surface area contributed by atoms with Crippen molar-refractivity contribution in [3.63, 3.8) is 0 Å². The monoisotopic (exact) mass is 255 g/mol. The van der Waals surface area contributed by atoms with Crippen LogP contribution in [0.5, 0.6) is 6.01 Å². The van der Waals surface area contributed by atoms with Gasteiger partial charge < -0.3 is 10.1 Å². The van der Waals surface area contributed by atoms with Gasteiger partial charge in [0.25, 0.3) is 0 Å². The Bertz CT molecular complexity index is 325. The maximum Gasteiger partial charge on any atom is 0.316 e. The van der Waals surface area contributed by atoms with Crippen LogP contribution in [0.3, 0.4) is 0 Å². The lowest BCUT2D eigenvalue weighted by atomic mass is 10.0. The van der Waals surface area contributed by atoms with Gasteiger partial charge in [0.1, 0.15) is 0 Å². The minimum absolute atomic E-state index is 0.408. The maximum atomic E-state index is 5.69. The zero-order valence-electron chi connectivity index (χ0n) is 9.86. The Labute approximate surface area is 107 Å². The molecule has 1 aliphatic heterocycles. The standard InChI is InChI=1S/C12H18ClN3O/c13-10-8-15-12(16-9-10)17-7-3-5-11-4-1-2-6-14-11/h8-9,11,14H,1-7H2/t11-/m0/s1. The lowest BCUT2D eigenvalue weighted by molar-refractivity contribution is 0.267. The fourth-order valence-corrected chi connectivity index (χ4v) is 2.14. The second-order valence-corrected chi connectivity index (χ2v) is 4.76. The molecule has 1 atom stereocenters. The van der Waals surface area contributed by atoms with Gasteiger partial charge in [-0.05, 0) is 32.2 Å². The van der Waals surface area contributed by atoms with Crippen LogP contribution in [0.4, 0.5) is 0 Å². The third-order valence-corrected chi connectivity index (χ3v) is 3.13. The third-order valence-electron chi connectivity index (χ3n) is 2.94. The Kier molecular flexibility index (Phi) is 5.01. The van der Waals surface area contributed by atoms with E-state index in [2.05, 4.69) is 15.3 Å². The van der Waals surface area contributed by atoms with Gasteiger partial charge in [-0.2, -0.15) is 0 Å². The molecule has 1 saturated heterocycles. The van der Waals surface area contributed by atoms with Crippen molar-refractivity contribution >= 4 is 11.6 Å². The number of hydrogen-bond donors (Lipinski definition) is 1. The van der Waals surface area contributed by atoms with Crippen molar-refractivity contribution in [1.29, 1.82) is 0 Å². The predicted molar refractivity (Wildman–Crippen MR) is 67.4 cm³/mol. The minimum Gasteiger partial charge on any atom is -0.463 e. The second kappa shape index (κ2) is 6.77. The summed E-state index contributed by atoms with van der Waals surface area (Å²) in [4.78, 5) is 7.96. The van der Waals surface area contributed by atoms with E-state index in [1.54, 1.807) is 12.4 Å². The van der Waals surface area contributed by atoms with Gasteiger partial charge in [-0.3, -0.25) is 0 Å². The summed E-state index contributed by atoms with van der Waals surface area (Å²) in [7, 11) is 0. The number of ether oxygens (including phenoxy) is 1. The van der Waals surface area contributed by atoms with E-state index in [4.69, 9.17) is 16.3 Å². The first kappa shape index (κ1) is 12.6. The Morgan fingerprint density at radius 1 is 1.35 bits per heavy atom. The summed E-state index contributed by atoms with van der Waals surface area (Å²) in [6.07, 6.45) is 9.23. The van der Waals surface area contributed by atoms with Gasteiger partial charge in [0.2, 0.25) is 0 Å². The molecule has 0 saturated carbocycles. The predicted octanol–water partition coefficient (Wildman–Crippen LogP) is 2.43. The van der Waals surface area contributed by atoms with Crippen molar-refractivity contribution < 1.29 is 4.74 Å². The van der Waals surface area contributed by atoms with Crippen molar-refractivity contribution in [2.24, 2.45) is 0 Å². The van der Waals surface area contributed by atoms with E-state index in [1.165, 1.54) is 19.3 Å². The van der Waals surface area contributed by atoms with Crippen LogP contribution in [0.2, 0.25) is 5.02 Å². The number of piperidine rings is 1. The van der Waals surface area contributed by atoms with Crippen molar-refractivity contribution in [3.8, 4) is 6.01 Å². The summed E-state index contributed by atoms with van der Waals surface area (Å²) in [5.74, 6) is 0. The van der Waals surface area contributed by atoms with Gasteiger partial charge in [-0.1, -0.05) is 18.0 Å². The number of halogens is 1. The van der Waals surface area contributed by atoms with Crippen molar-refractivity contribution in [2.45, 2.75) is 38.1 Å². The average molecular weight is 256 g/mol. The maximum absolute atomic E-state index is 5.69. The number of rotatable bonds is 5. The van der Waals surface area contributed by atoms with E-state index in [-0.39, 0.29) is 0 Å². The van der Waals surface area contributed by atoms with Gasteiger partial charge in [-0.25, -0.2) is 9.97 Å². The number of nitrogens with zero attached hydrogens (tertiary/aromatic N) is 2. The topological polar surface area (TPSA) is 47.0 Å². The van der Waals surface area contributed by atoms with Crippen LogP contribution >= 0.6 is 11.6 Å². The van der Waals surface area contributed by atoms with Gasteiger partial charge in [0.05, 0.1) is 24.0 Å². The molecule has 1 aromatic rings. The van der Waals surface area contributed by atoms with Crippen molar-refractivity contribution in [1.82, 2.24) is 15.3 Å². The zero-order chi connectivity index (χ0) is 11.9. The molecule has 1 aromatic heterocycles. The molecule has 1 fully saturated rings. The van der Waals surface area contributed by atoms with E-state index >= 15 is 0 Å². The molecule has 2 rings (SSSR count). The molecular formula is C12H18ClN3O. The lowest BCUT2D eigenvalue weighted by Crippen LogP contribution is -2.34. The van der Waals surface area contributed by atoms with Crippen LogP contribution in [-0.2, 0) is 0 Å². The highest BCUT2D eigenvalue weighted by Gasteiger charge is 2.11. The molecule has 0 unspecified atom stereocenters. The fraction of sp³-hybridized carbons (Fsp3) is 0.667. The van der Waals surface area contributed by atoms with E-state index in [9.17, 15) is 0 Å². The number of hydrogen-bond acceptors (Lipinski definition) is 4. The molecule has 17 heavy (non-hydrogen) atoms. The normalized spacial score (nSPS) is 20.2. The molecule has 0 bridgehead atoms. The van der Waals surface area contributed by atoms with Crippen LogP contribution < -0.4 is 10.1 Å². The summed E-state index contributed by atoms with van der Waals surface area (Å²) >= 11 is 5.69. The molecule has 5 heteroatoms. The molecule has 0 aromatic carbocycles. The van der Waals surface area contributed by atoms with E-state index in [0.29, 0.717) is 23.7 Å². The van der Waals surface area contributed by atoms with Crippen LogP contribution in [0.25, 0.3) is 0 Å². The summed E-state index contributed by atoms with van der Waals surface area (Å²) < 4.78 is 5.44. The smallest absolute Gasteiger partial charge is 0.316 e. The highest BCUT2D eigenvalue weighted by molar-refractivity contribution is 6.30. The van der Waals surface area contributed by atoms with Crippen molar-refractivity contribution in [3.05, 3.63) is 17.4 Å². The molecule has 94 valence electrons. The van der Waals surface area contributed by atoms with Gasteiger partial charge in [0.15, 0.2) is 0 Å². The molecule has 4 nitrogen and oxygen atoms in total. The summed E-state index contributed by atoms with van der Waals surface area (Å²) in [5.41, 5.74) is 0. The Balaban J connectivity index is 1.60. The fourth-order valence-electron chi connectivity index (χ4n) is 2.04. The molecule has 0 radical (unpaired) electrons. The summed E-state index contributed by atoms with van der Waals surface area (Å²) in [6.45, 7) is 1.83. The van der Waals surface area contributed by atoms with Crippen LogP contribution in [0.1, 0.15) is 32.1 Å². The average Bonchev–Trinajstić information content (AvgIpc) is 2.38. The second-order valence-electron chi connectivity index (χ2n) is 4.32.